The van der Waals surface area contributed by atoms with E-state index in [2.05, 4.69) is 71.7 Å². The number of aromatic nitrogens is 1. The summed E-state index contributed by atoms with van der Waals surface area (Å²) in [5.74, 6) is 0. The third-order valence-electron chi connectivity index (χ3n) is 3.14. The zero-order valence-electron chi connectivity index (χ0n) is 10.4. The van der Waals surface area contributed by atoms with Crippen LogP contribution in [-0.2, 0) is 0 Å². The summed E-state index contributed by atoms with van der Waals surface area (Å²) in [6, 6.07) is 17.1. The van der Waals surface area contributed by atoms with Gasteiger partial charge in [-0.2, -0.15) is 0 Å². The van der Waals surface area contributed by atoms with Crippen molar-refractivity contribution in [3.63, 3.8) is 0 Å². The van der Waals surface area contributed by atoms with E-state index in [0.717, 1.165) is 0 Å². The second kappa shape index (κ2) is 4.53. The molecule has 0 saturated heterocycles. The first-order valence-electron chi connectivity index (χ1n) is 6.17. The Kier molecular flexibility index (Phi) is 2.73. The van der Waals surface area contributed by atoms with Crippen LogP contribution in [0.1, 0.15) is 6.92 Å². The van der Waals surface area contributed by atoms with Gasteiger partial charge in [-0.3, -0.25) is 0 Å². The Labute approximate surface area is 107 Å². The van der Waals surface area contributed by atoms with E-state index in [0.29, 0.717) is 0 Å². The summed E-state index contributed by atoms with van der Waals surface area (Å²) < 4.78 is 2.08. The van der Waals surface area contributed by atoms with Crippen molar-refractivity contribution in [3.05, 3.63) is 67.0 Å². The molecule has 1 aromatic heterocycles. The molecule has 0 unspecified atom stereocenters. The molecule has 0 bridgehead atoms. The summed E-state index contributed by atoms with van der Waals surface area (Å²) in [4.78, 5) is 0. The number of benzene rings is 2. The molecular formula is C17H15N. The molecule has 0 atom stereocenters. The highest BCUT2D eigenvalue weighted by Gasteiger charge is 2.03. The van der Waals surface area contributed by atoms with Crippen molar-refractivity contribution < 1.29 is 0 Å². The lowest BCUT2D eigenvalue weighted by Gasteiger charge is -2.04. The van der Waals surface area contributed by atoms with Gasteiger partial charge in [0, 0.05) is 24.2 Å². The maximum absolute atomic E-state index is 2.18. The van der Waals surface area contributed by atoms with Gasteiger partial charge in [-0.1, -0.05) is 48.5 Å². The van der Waals surface area contributed by atoms with E-state index in [-0.39, 0.29) is 0 Å². The normalized spacial score (nSPS) is 11.4. The minimum absolute atomic E-state index is 1.25. The van der Waals surface area contributed by atoms with Gasteiger partial charge in [-0.25, -0.2) is 0 Å². The monoisotopic (exact) mass is 233 g/mol. The minimum atomic E-state index is 1.25. The summed E-state index contributed by atoms with van der Waals surface area (Å²) in [5, 5.41) is 2.59. The van der Waals surface area contributed by atoms with Crippen molar-refractivity contribution in [2.75, 3.05) is 0 Å². The van der Waals surface area contributed by atoms with Crippen molar-refractivity contribution >= 4 is 17.0 Å². The van der Waals surface area contributed by atoms with Gasteiger partial charge in [0.15, 0.2) is 0 Å². The molecule has 0 amide bonds. The minimum Gasteiger partial charge on any atom is -0.330 e. The molecule has 0 spiro atoms. The first kappa shape index (κ1) is 10.8. The zero-order valence-corrected chi connectivity index (χ0v) is 10.4. The molecule has 88 valence electrons. The van der Waals surface area contributed by atoms with Crippen molar-refractivity contribution in [1.29, 1.82) is 0 Å². The van der Waals surface area contributed by atoms with E-state index in [4.69, 9.17) is 0 Å². The summed E-state index contributed by atoms with van der Waals surface area (Å²) in [5.41, 5.74) is 2.54. The Hall–Kier alpha value is -2.28. The number of hydrogen-bond donors (Lipinski definition) is 0. The van der Waals surface area contributed by atoms with E-state index in [1.54, 1.807) is 0 Å². The lowest BCUT2D eigenvalue weighted by molar-refractivity contribution is 1.17. The van der Waals surface area contributed by atoms with Crippen LogP contribution >= 0.6 is 0 Å². The second-order valence-electron chi connectivity index (χ2n) is 4.36. The Morgan fingerprint density at radius 1 is 0.944 bits per heavy atom. The summed E-state index contributed by atoms with van der Waals surface area (Å²) in [7, 11) is 0. The number of hydrogen-bond acceptors (Lipinski definition) is 0. The second-order valence-corrected chi connectivity index (χ2v) is 4.36. The van der Waals surface area contributed by atoms with Gasteiger partial charge in [-0.05, 0) is 29.3 Å². The van der Waals surface area contributed by atoms with Gasteiger partial charge in [0.1, 0.15) is 0 Å². The molecule has 0 saturated carbocycles. The van der Waals surface area contributed by atoms with Crippen LogP contribution in [0.3, 0.4) is 0 Å². The van der Waals surface area contributed by atoms with Gasteiger partial charge in [-0.15, -0.1) is 0 Å². The highest BCUT2D eigenvalue weighted by Crippen LogP contribution is 2.28. The Morgan fingerprint density at radius 2 is 1.78 bits per heavy atom. The number of fused-ring (bicyclic) bond motifs is 1. The van der Waals surface area contributed by atoms with Crippen LogP contribution < -0.4 is 0 Å². The van der Waals surface area contributed by atoms with E-state index in [1.165, 1.54) is 21.9 Å². The SMILES string of the molecule is CC=Cn1ccc(-c2cccc3ccccc23)c1. The molecule has 2 aromatic carbocycles. The van der Waals surface area contributed by atoms with Crippen molar-refractivity contribution in [3.8, 4) is 11.1 Å². The maximum Gasteiger partial charge on any atom is 0.0161 e. The topological polar surface area (TPSA) is 4.93 Å². The molecule has 1 heteroatoms. The fraction of sp³-hybridized carbons (Fsp3) is 0.0588. The highest BCUT2D eigenvalue weighted by molar-refractivity contribution is 5.96. The molecule has 3 aromatic rings. The van der Waals surface area contributed by atoms with Crippen molar-refractivity contribution in [2.45, 2.75) is 6.92 Å². The van der Waals surface area contributed by atoms with Crippen molar-refractivity contribution in [1.82, 2.24) is 4.57 Å². The molecule has 1 nitrogen and oxygen atoms in total. The average Bonchev–Trinajstić information content (AvgIpc) is 2.87. The lowest BCUT2D eigenvalue weighted by Crippen LogP contribution is -1.80. The molecular weight excluding hydrogens is 218 g/mol. The molecule has 0 radical (unpaired) electrons. The van der Waals surface area contributed by atoms with Crippen LogP contribution in [-0.4, -0.2) is 4.57 Å². The Balaban J connectivity index is 2.18. The largest absolute Gasteiger partial charge is 0.330 e. The first-order valence-corrected chi connectivity index (χ1v) is 6.17. The summed E-state index contributed by atoms with van der Waals surface area (Å²) >= 11 is 0. The molecule has 18 heavy (non-hydrogen) atoms. The summed E-state index contributed by atoms with van der Waals surface area (Å²) in [6.07, 6.45) is 8.32. The molecule has 0 fully saturated rings. The van der Waals surface area contributed by atoms with E-state index in [9.17, 15) is 0 Å². The highest BCUT2D eigenvalue weighted by atomic mass is 14.9. The van der Waals surface area contributed by atoms with E-state index in [1.807, 2.05) is 13.0 Å². The lowest BCUT2D eigenvalue weighted by atomic mass is 10.0. The molecule has 1 heterocycles. The van der Waals surface area contributed by atoms with Crippen LogP contribution in [0.2, 0.25) is 0 Å². The van der Waals surface area contributed by atoms with Gasteiger partial charge in [0.25, 0.3) is 0 Å². The predicted molar refractivity (Wildman–Crippen MR) is 78.4 cm³/mol. The Bertz CT molecular complexity index is 699. The molecule has 0 aliphatic heterocycles. The fourth-order valence-electron chi connectivity index (χ4n) is 2.31. The van der Waals surface area contributed by atoms with Gasteiger partial charge in [0.05, 0.1) is 0 Å². The third kappa shape index (κ3) is 1.84. The number of allylic oxidation sites excluding steroid dienone is 1. The van der Waals surface area contributed by atoms with Crippen molar-refractivity contribution in [2.24, 2.45) is 0 Å². The molecule has 0 aliphatic carbocycles. The standard InChI is InChI=1S/C17H15N/c1-2-11-18-12-10-15(13-18)17-9-5-7-14-6-3-4-8-16(14)17/h2-13H,1H3. The van der Waals surface area contributed by atoms with Crippen LogP contribution in [0.5, 0.6) is 0 Å². The van der Waals surface area contributed by atoms with Gasteiger partial charge in [0.2, 0.25) is 0 Å². The molecule has 3 rings (SSSR count). The van der Waals surface area contributed by atoms with Crippen LogP contribution in [0, 0.1) is 0 Å². The number of nitrogens with zero attached hydrogens (tertiary/aromatic N) is 1. The van der Waals surface area contributed by atoms with Crippen LogP contribution in [0.4, 0.5) is 0 Å². The van der Waals surface area contributed by atoms with E-state index >= 15 is 0 Å². The van der Waals surface area contributed by atoms with Gasteiger partial charge >= 0.3 is 0 Å². The predicted octanol–water partition coefficient (Wildman–Crippen LogP) is 4.80. The molecule has 0 aliphatic rings. The summed E-state index contributed by atoms with van der Waals surface area (Å²) in [6.45, 7) is 2.03. The average molecular weight is 233 g/mol. The van der Waals surface area contributed by atoms with E-state index < -0.39 is 0 Å². The van der Waals surface area contributed by atoms with Gasteiger partial charge < -0.3 is 4.57 Å². The first-order chi connectivity index (χ1) is 8.88. The molecule has 0 N–H and O–H groups in total. The maximum atomic E-state index is 2.18. The zero-order chi connectivity index (χ0) is 12.4. The Morgan fingerprint density at radius 3 is 2.67 bits per heavy atom. The smallest absolute Gasteiger partial charge is 0.0161 e. The quantitative estimate of drug-likeness (QED) is 0.599. The van der Waals surface area contributed by atoms with Crippen LogP contribution in [0.15, 0.2) is 67.0 Å². The van der Waals surface area contributed by atoms with Crippen LogP contribution in [0.25, 0.3) is 28.1 Å². The fourth-order valence-corrected chi connectivity index (χ4v) is 2.31. The third-order valence-corrected chi connectivity index (χ3v) is 3.14. The number of rotatable bonds is 2.